The molecule has 0 aliphatic heterocycles. The van der Waals surface area contributed by atoms with Crippen molar-refractivity contribution in [2.75, 3.05) is 12.4 Å². The van der Waals surface area contributed by atoms with Crippen LogP contribution in [0.15, 0.2) is 42.5 Å². The molecule has 6 heteroatoms. The molecule has 4 rings (SSSR count). The van der Waals surface area contributed by atoms with E-state index in [1.165, 1.54) is 11.3 Å². The number of anilines is 1. The molecule has 1 fully saturated rings. The van der Waals surface area contributed by atoms with Crippen molar-refractivity contribution in [3.05, 3.63) is 42.5 Å². The number of nitrogens with one attached hydrogen (secondary N) is 1. The van der Waals surface area contributed by atoms with Crippen molar-refractivity contribution in [3.8, 4) is 16.9 Å². The van der Waals surface area contributed by atoms with Gasteiger partial charge in [-0.2, -0.15) is 0 Å². The Kier molecular flexibility index (Phi) is 3.69. The van der Waals surface area contributed by atoms with Crippen LogP contribution in [0.25, 0.3) is 21.3 Å². The van der Waals surface area contributed by atoms with Crippen LogP contribution in [0.5, 0.6) is 5.75 Å². The lowest BCUT2D eigenvalue weighted by Gasteiger charge is -2.07. The van der Waals surface area contributed by atoms with E-state index in [0.717, 1.165) is 27.1 Å². The van der Waals surface area contributed by atoms with E-state index in [1.807, 2.05) is 42.5 Å². The highest BCUT2D eigenvalue weighted by atomic mass is 32.1. The van der Waals surface area contributed by atoms with Crippen LogP contribution in [-0.4, -0.2) is 24.2 Å². The second kappa shape index (κ2) is 5.87. The molecule has 2 atom stereocenters. The molecule has 0 saturated heterocycles. The minimum Gasteiger partial charge on any atom is -0.496 e. The van der Waals surface area contributed by atoms with E-state index in [1.54, 1.807) is 7.11 Å². The van der Waals surface area contributed by atoms with Gasteiger partial charge in [-0.15, -0.1) is 0 Å². The number of amides is 1. The Labute approximate surface area is 142 Å². The highest BCUT2D eigenvalue weighted by molar-refractivity contribution is 7.22. The summed E-state index contributed by atoms with van der Waals surface area (Å²) in [6.45, 7) is 0. The van der Waals surface area contributed by atoms with Crippen LogP contribution in [0.4, 0.5) is 9.52 Å². The van der Waals surface area contributed by atoms with Crippen molar-refractivity contribution in [2.45, 2.75) is 12.6 Å². The van der Waals surface area contributed by atoms with E-state index >= 15 is 0 Å². The lowest BCUT2D eigenvalue weighted by atomic mass is 10.0. The fraction of sp³-hybridized carbons (Fsp3) is 0.222. The van der Waals surface area contributed by atoms with E-state index in [-0.39, 0.29) is 5.91 Å². The number of hydrogen-bond acceptors (Lipinski definition) is 4. The zero-order chi connectivity index (χ0) is 16.7. The molecular weight excluding hydrogens is 327 g/mol. The molecule has 122 valence electrons. The average Bonchev–Trinajstić information content (AvgIpc) is 3.20. The molecule has 2 aromatic carbocycles. The Hall–Kier alpha value is -2.47. The van der Waals surface area contributed by atoms with Gasteiger partial charge in [-0.25, -0.2) is 9.37 Å². The zero-order valence-corrected chi connectivity index (χ0v) is 13.8. The molecule has 1 aliphatic rings. The summed E-state index contributed by atoms with van der Waals surface area (Å²) in [6, 6.07) is 13.7. The number of fused-ring (bicyclic) bond motifs is 1. The first-order chi connectivity index (χ1) is 11.7. The molecule has 1 heterocycles. The second-order valence-corrected chi connectivity index (χ2v) is 6.78. The number of carbonyl (C=O) groups excluding carboxylic acids is 1. The van der Waals surface area contributed by atoms with Crippen molar-refractivity contribution in [3.63, 3.8) is 0 Å². The molecule has 0 bridgehead atoms. The molecule has 1 amide bonds. The zero-order valence-electron chi connectivity index (χ0n) is 13.0. The van der Waals surface area contributed by atoms with E-state index in [9.17, 15) is 9.18 Å². The number of carbonyl (C=O) groups is 1. The van der Waals surface area contributed by atoms with Crippen LogP contribution >= 0.6 is 11.3 Å². The molecule has 3 aromatic rings. The van der Waals surface area contributed by atoms with Crippen LogP contribution < -0.4 is 10.1 Å². The number of rotatable bonds is 4. The Morgan fingerprint density at radius 1 is 1.33 bits per heavy atom. The molecule has 24 heavy (non-hydrogen) atoms. The Morgan fingerprint density at radius 2 is 2.12 bits per heavy atom. The monoisotopic (exact) mass is 342 g/mol. The summed E-state index contributed by atoms with van der Waals surface area (Å²) in [7, 11) is 1.65. The highest BCUT2D eigenvalue weighted by Gasteiger charge is 2.43. The number of aromatic nitrogens is 1. The van der Waals surface area contributed by atoms with Gasteiger partial charge in [0.15, 0.2) is 5.13 Å². The smallest absolute Gasteiger partial charge is 0.232 e. The first-order valence-corrected chi connectivity index (χ1v) is 8.46. The maximum Gasteiger partial charge on any atom is 0.232 e. The topological polar surface area (TPSA) is 51.2 Å². The van der Waals surface area contributed by atoms with Gasteiger partial charge in [0.25, 0.3) is 0 Å². The van der Waals surface area contributed by atoms with E-state index in [2.05, 4.69) is 10.3 Å². The van der Waals surface area contributed by atoms with E-state index in [4.69, 9.17) is 4.74 Å². The van der Waals surface area contributed by atoms with Crippen LogP contribution in [0.3, 0.4) is 0 Å². The molecule has 0 spiro atoms. The minimum atomic E-state index is -1.00. The molecule has 1 aliphatic carbocycles. The summed E-state index contributed by atoms with van der Waals surface area (Å²) in [5.41, 5.74) is 2.83. The van der Waals surface area contributed by atoms with Crippen molar-refractivity contribution >= 4 is 32.6 Å². The number of benzene rings is 2. The predicted molar refractivity (Wildman–Crippen MR) is 93.2 cm³/mol. The van der Waals surface area contributed by atoms with Crippen molar-refractivity contribution in [1.29, 1.82) is 0 Å². The number of nitrogens with zero attached hydrogens (tertiary/aromatic N) is 1. The molecule has 1 N–H and O–H groups in total. The normalized spacial score (nSPS) is 19.2. The minimum absolute atomic E-state index is 0.286. The van der Waals surface area contributed by atoms with E-state index < -0.39 is 12.1 Å². The number of methoxy groups -OCH3 is 1. The molecule has 2 unspecified atom stereocenters. The second-order valence-electron chi connectivity index (χ2n) is 5.75. The maximum atomic E-state index is 13.0. The average molecular weight is 342 g/mol. The van der Waals surface area contributed by atoms with Gasteiger partial charge in [-0.3, -0.25) is 4.79 Å². The van der Waals surface area contributed by atoms with Gasteiger partial charge in [-0.05, 0) is 30.2 Å². The van der Waals surface area contributed by atoms with Gasteiger partial charge in [-0.1, -0.05) is 35.6 Å². The van der Waals surface area contributed by atoms with Gasteiger partial charge >= 0.3 is 0 Å². The third kappa shape index (κ3) is 2.73. The van der Waals surface area contributed by atoms with Gasteiger partial charge < -0.3 is 10.1 Å². The first-order valence-electron chi connectivity index (χ1n) is 7.64. The van der Waals surface area contributed by atoms with Gasteiger partial charge in [0.1, 0.15) is 11.9 Å². The summed E-state index contributed by atoms with van der Waals surface area (Å²) in [5, 5.41) is 3.22. The van der Waals surface area contributed by atoms with Gasteiger partial charge in [0.05, 0.1) is 23.2 Å². The number of thiazole rings is 1. The lowest BCUT2D eigenvalue weighted by Crippen LogP contribution is -2.14. The third-order valence-corrected chi connectivity index (χ3v) is 5.02. The summed E-state index contributed by atoms with van der Waals surface area (Å²) in [5.74, 6) is 0.00488. The summed E-state index contributed by atoms with van der Waals surface area (Å²) in [6.07, 6.45) is -0.689. The van der Waals surface area contributed by atoms with Crippen LogP contribution in [-0.2, 0) is 4.79 Å². The number of hydrogen-bond donors (Lipinski definition) is 1. The largest absolute Gasteiger partial charge is 0.496 e. The van der Waals surface area contributed by atoms with Crippen LogP contribution in [0.1, 0.15) is 6.42 Å². The molecule has 1 aromatic heterocycles. The summed E-state index contributed by atoms with van der Waals surface area (Å²) in [4.78, 5) is 16.2. The number of ether oxygens (including phenoxy) is 1. The Morgan fingerprint density at radius 3 is 2.88 bits per heavy atom. The number of alkyl halides is 1. The highest BCUT2D eigenvalue weighted by Crippen LogP contribution is 2.37. The fourth-order valence-corrected chi connectivity index (χ4v) is 3.57. The standard InChI is InChI=1S/C18H15FN2O2S/c1-23-15-5-3-2-4-11(15)10-6-7-14-16(8-10)24-18(20-14)21-17(22)12-9-13(12)19/h2-8,12-13H,9H2,1H3,(H,20,21,22). The number of para-hydroxylation sites is 1. The molecular formula is C18H15FN2O2S. The van der Waals surface area contributed by atoms with Crippen molar-refractivity contribution in [1.82, 2.24) is 4.98 Å². The predicted octanol–water partition coefficient (Wildman–Crippen LogP) is 4.27. The SMILES string of the molecule is COc1ccccc1-c1ccc2nc(NC(=O)C3CC3F)sc2c1. The Balaban J connectivity index is 1.65. The lowest BCUT2D eigenvalue weighted by molar-refractivity contribution is -0.117. The van der Waals surface area contributed by atoms with Crippen LogP contribution in [0.2, 0.25) is 0 Å². The van der Waals surface area contributed by atoms with E-state index in [0.29, 0.717) is 11.6 Å². The first kappa shape index (κ1) is 15.1. The molecule has 1 saturated carbocycles. The number of halogens is 1. The fourth-order valence-electron chi connectivity index (χ4n) is 2.66. The molecule has 4 nitrogen and oxygen atoms in total. The van der Waals surface area contributed by atoms with Crippen molar-refractivity contribution < 1.29 is 13.9 Å². The van der Waals surface area contributed by atoms with Crippen molar-refractivity contribution in [2.24, 2.45) is 5.92 Å². The molecule has 0 radical (unpaired) electrons. The quantitative estimate of drug-likeness (QED) is 0.770. The Bertz CT molecular complexity index is 924. The van der Waals surface area contributed by atoms with Crippen LogP contribution in [0, 0.1) is 5.92 Å². The summed E-state index contributed by atoms with van der Waals surface area (Å²) >= 11 is 1.39. The maximum absolute atomic E-state index is 13.0. The third-order valence-electron chi connectivity index (χ3n) is 4.09. The van der Waals surface area contributed by atoms with Gasteiger partial charge in [0.2, 0.25) is 5.91 Å². The van der Waals surface area contributed by atoms with Gasteiger partial charge in [0, 0.05) is 5.56 Å². The summed E-state index contributed by atoms with van der Waals surface area (Å²) < 4.78 is 19.3.